The molecule has 0 spiro atoms. The van der Waals surface area contributed by atoms with E-state index in [0.717, 1.165) is 20.9 Å². The molecule has 25 heavy (non-hydrogen) atoms. The van der Waals surface area contributed by atoms with E-state index in [9.17, 15) is 9.59 Å². The Labute approximate surface area is 154 Å². The number of rotatable bonds is 6. The molecule has 1 aliphatic rings. The van der Waals surface area contributed by atoms with Gasteiger partial charge in [-0.25, -0.2) is 0 Å². The van der Waals surface area contributed by atoms with Crippen LogP contribution in [0.5, 0.6) is 5.75 Å². The molecule has 7 heteroatoms. The van der Waals surface area contributed by atoms with Crippen LogP contribution in [0.25, 0.3) is 10.4 Å². The van der Waals surface area contributed by atoms with Crippen LogP contribution in [-0.4, -0.2) is 38.1 Å². The number of Topliss-reactive ketones (excluding diaryl/α,β-unsaturated/α-hetero) is 1. The van der Waals surface area contributed by atoms with E-state index in [1.807, 2.05) is 24.3 Å². The van der Waals surface area contributed by atoms with E-state index in [1.165, 1.54) is 18.4 Å². The van der Waals surface area contributed by atoms with Crippen LogP contribution in [0, 0.1) is 0 Å². The first-order valence-corrected chi connectivity index (χ1v) is 9.03. The summed E-state index contributed by atoms with van der Waals surface area (Å²) in [6, 6.07) is 7.64. The first-order valence-electron chi connectivity index (χ1n) is 7.83. The van der Waals surface area contributed by atoms with Gasteiger partial charge in [0.25, 0.3) is 0 Å². The van der Waals surface area contributed by atoms with Crippen molar-refractivity contribution in [3.63, 3.8) is 0 Å². The van der Waals surface area contributed by atoms with Crippen molar-refractivity contribution in [2.24, 2.45) is 0 Å². The summed E-state index contributed by atoms with van der Waals surface area (Å²) in [5, 5.41) is 3.31. The smallest absolute Gasteiger partial charge is 0.246 e. The lowest BCUT2D eigenvalue weighted by atomic mass is 10.1. The number of carbonyl (C=O) groups excluding carboxylic acids is 2. The molecule has 5 nitrogen and oxygen atoms in total. The highest BCUT2D eigenvalue weighted by Crippen LogP contribution is 2.41. The first-order chi connectivity index (χ1) is 12.0. The molecule has 1 atom stereocenters. The molecule has 1 N–H and O–H groups in total. The molecule has 1 aromatic carbocycles. The Bertz CT molecular complexity index is 817. The number of benzene rings is 1. The summed E-state index contributed by atoms with van der Waals surface area (Å²) in [5.74, 6) is 0.544. The number of fused-ring (bicyclic) bond motifs is 1. The van der Waals surface area contributed by atoms with Crippen LogP contribution in [0.2, 0.25) is 5.02 Å². The van der Waals surface area contributed by atoms with E-state index in [2.05, 4.69) is 5.32 Å². The molecule has 0 bridgehead atoms. The molecule has 2 aromatic rings. The maximum absolute atomic E-state index is 11.5. The Morgan fingerprint density at radius 2 is 2.20 bits per heavy atom. The number of hydrogen-bond donors (Lipinski definition) is 1. The second kappa shape index (κ2) is 7.56. The quantitative estimate of drug-likeness (QED) is 0.782. The Hall–Kier alpha value is -1.89. The lowest BCUT2D eigenvalue weighted by Gasteiger charge is -2.12. The zero-order valence-corrected chi connectivity index (χ0v) is 15.5. The number of amides is 1. The van der Waals surface area contributed by atoms with E-state index in [0.29, 0.717) is 23.7 Å². The van der Waals surface area contributed by atoms with Gasteiger partial charge in [-0.3, -0.25) is 9.59 Å². The fourth-order valence-corrected chi connectivity index (χ4v) is 3.91. The minimum Gasteiger partial charge on any atom is -0.486 e. The highest BCUT2D eigenvalue weighted by atomic mass is 35.5. The van der Waals surface area contributed by atoms with Crippen LogP contribution in [-0.2, 0) is 16.0 Å². The van der Waals surface area contributed by atoms with Gasteiger partial charge >= 0.3 is 0 Å². The van der Waals surface area contributed by atoms with Gasteiger partial charge in [-0.15, -0.1) is 11.3 Å². The Morgan fingerprint density at radius 1 is 1.40 bits per heavy atom. The molecular formula is C18H18ClNO4S. The van der Waals surface area contributed by atoms with Gasteiger partial charge in [0.15, 0.2) is 5.78 Å². The van der Waals surface area contributed by atoms with Gasteiger partial charge in [0.1, 0.15) is 18.5 Å². The van der Waals surface area contributed by atoms with Crippen molar-refractivity contribution in [2.75, 3.05) is 20.3 Å². The van der Waals surface area contributed by atoms with E-state index in [4.69, 9.17) is 21.1 Å². The Morgan fingerprint density at radius 3 is 2.88 bits per heavy atom. The number of thiophene rings is 1. The standard InChI is InChI=1S/C18H18ClNO4S/c1-10(21)15-3-4-16(25-15)11-5-12-6-13(8-20-17(22)9-23-2)24-18(12)14(19)7-11/h3-5,7,13H,6,8-9H2,1-2H3,(H,20,22). The van der Waals surface area contributed by atoms with Gasteiger partial charge in [0.05, 0.1) is 16.4 Å². The minimum absolute atomic E-state index is 0.0292. The van der Waals surface area contributed by atoms with Gasteiger partial charge in [0, 0.05) is 24.0 Å². The lowest BCUT2D eigenvalue weighted by Crippen LogP contribution is -2.36. The summed E-state index contributed by atoms with van der Waals surface area (Å²) in [4.78, 5) is 24.7. The maximum atomic E-state index is 11.5. The van der Waals surface area contributed by atoms with Crippen LogP contribution < -0.4 is 10.1 Å². The summed E-state index contributed by atoms with van der Waals surface area (Å²) in [6.45, 7) is 1.99. The average Bonchev–Trinajstić information content (AvgIpc) is 3.20. The largest absolute Gasteiger partial charge is 0.486 e. The lowest BCUT2D eigenvalue weighted by molar-refractivity contribution is -0.125. The number of halogens is 1. The molecule has 0 saturated carbocycles. The van der Waals surface area contributed by atoms with Gasteiger partial charge in [0.2, 0.25) is 5.91 Å². The van der Waals surface area contributed by atoms with Crippen LogP contribution >= 0.6 is 22.9 Å². The van der Waals surface area contributed by atoms with E-state index in [-0.39, 0.29) is 24.4 Å². The van der Waals surface area contributed by atoms with Crippen molar-refractivity contribution in [3.8, 4) is 16.2 Å². The molecule has 0 fully saturated rings. The molecule has 0 saturated heterocycles. The van der Waals surface area contributed by atoms with Gasteiger partial charge in [-0.2, -0.15) is 0 Å². The molecule has 0 radical (unpaired) electrons. The molecule has 0 aliphatic carbocycles. The zero-order chi connectivity index (χ0) is 18.0. The van der Waals surface area contributed by atoms with E-state index in [1.54, 1.807) is 6.92 Å². The molecule has 2 heterocycles. The monoisotopic (exact) mass is 379 g/mol. The minimum atomic E-state index is -0.177. The first kappa shape index (κ1) is 17.9. The van der Waals surface area contributed by atoms with Gasteiger partial charge in [-0.05, 0) is 36.8 Å². The van der Waals surface area contributed by atoms with Crippen molar-refractivity contribution >= 4 is 34.6 Å². The molecule has 1 amide bonds. The average molecular weight is 380 g/mol. The third-order valence-corrected chi connectivity index (χ3v) is 5.41. The number of ether oxygens (including phenoxy) is 2. The predicted octanol–water partition coefficient (Wildman–Crippen LogP) is 3.34. The van der Waals surface area contributed by atoms with Crippen molar-refractivity contribution in [2.45, 2.75) is 19.4 Å². The number of methoxy groups -OCH3 is 1. The maximum Gasteiger partial charge on any atom is 0.246 e. The van der Waals surface area contributed by atoms with E-state index < -0.39 is 0 Å². The number of ketones is 1. The summed E-state index contributed by atoms with van der Waals surface area (Å²) in [7, 11) is 1.48. The number of carbonyl (C=O) groups is 2. The van der Waals surface area contributed by atoms with Gasteiger partial charge < -0.3 is 14.8 Å². The third kappa shape index (κ3) is 4.03. The zero-order valence-electron chi connectivity index (χ0n) is 13.9. The number of nitrogens with one attached hydrogen (secondary N) is 1. The molecule has 1 unspecified atom stereocenters. The molecular weight excluding hydrogens is 362 g/mol. The number of hydrogen-bond acceptors (Lipinski definition) is 5. The van der Waals surface area contributed by atoms with Gasteiger partial charge in [-0.1, -0.05) is 11.6 Å². The normalized spacial score (nSPS) is 15.6. The molecule has 132 valence electrons. The third-order valence-electron chi connectivity index (χ3n) is 3.89. The fourth-order valence-electron chi connectivity index (χ4n) is 2.74. The van der Waals surface area contributed by atoms with Crippen molar-refractivity contribution in [1.82, 2.24) is 5.32 Å². The summed E-state index contributed by atoms with van der Waals surface area (Å²) in [6.07, 6.45) is 0.515. The summed E-state index contributed by atoms with van der Waals surface area (Å²) >= 11 is 7.83. The van der Waals surface area contributed by atoms with Crippen LogP contribution in [0.4, 0.5) is 0 Å². The highest BCUT2D eigenvalue weighted by molar-refractivity contribution is 7.17. The van der Waals surface area contributed by atoms with Crippen molar-refractivity contribution < 1.29 is 19.1 Å². The summed E-state index contributed by atoms with van der Waals surface area (Å²) in [5.41, 5.74) is 1.97. The van der Waals surface area contributed by atoms with Crippen LogP contribution in [0.15, 0.2) is 24.3 Å². The van der Waals surface area contributed by atoms with Crippen molar-refractivity contribution in [3.05, 3.63) is 39.7 Å². The predicted molar refractivity (Wildman–Crippen MR) is 97.8 cm³/mol. The van der Waals surface area contributed by atoms with Crippen LogP contribution in [0.1, 0.15) is 22.2 Å². The fraction of sp³-hybridized carbons (Fsp3) is 0.333. The molecule has 1 aromatic heterocycles. The Kier molecular flexibility index (Phi) is 5.42. The Balaban J connectivity index is 1.74. The molecule has 3 rings (SSSR count). The molecule has 1 aliphatic heterocycles. The second-order valence-corrected chi connectivity index (χ2v) is 7.34. The second-order valence-electron chi connectivity index (χ2n) is 5.85. The summed E-state index contributed by atoms with van der Waals surface area (Å²) < 4.78 is 10.6. The van der Waals surface area contributed by atoms with Crippen molar-refractivity contribution in [1.29, 1.82) is 0 Å². The van der Waals surface area contributed by atoms with Crippen LogP contribution in [0.3, 0.4) is 0 Å². The van der Waals surface area contributed by atoms with E-state index >= 15 is 0 Å². The SMILES string of the molecule is COCC(=O)NCC1Cc2cc(-c3ccc(C(C)=O)s3)cc(Cl)c2O1. The topological polar surface area (TPSA) is 64.6 Å². The highest BCUT2D eigenvalue weighted by Gasteiger charge is 2.26.